The van der Waals surface area contributed by atoms with Crippen molar-refractivity contribution < 1.29 is 27.1 Å². The van der Waals surface area contributed by atoms with Crippen LogP contribution in [-0.4, -0.2) is 47.9 Å². The van der Waals surface area contributed by atoms with E-state index in [9.17, 15) is 17.6 Å². The SMILES string of the molecule is COc1ccc(OC)c(N(CC(=O)NCCc2ccc(F)cc2)S(C)(=O)=O)c1. The Morgan fingerprint density at radius 1 is 1.11 bits per heavy atom. The Kier molecular flexibility index (Phi) is 7.22. The summed E-state index contributed by atoms with van der Waals surface area (Å²) < 4.78 is 48.8. The first-order valence-corrected chi connectivity index (χ1v) is 10.3. The van der Waals surface area contributed by atoms with Crippen LogP contribution in [0.4, 0.5) is 10.1 Å². The summed E-state index contributed by atoms with van der Waals surface area (Å²) in [5.41, 5.74) is 1.06. The van der Waals surface area contributed by atoms with Crippen LogP contribution < -0.4 is 19.1 Å². The second-order valence-corrected chi connectivity index (χ2v) is 7.94. The maximum absolute atomic E-state index is 12.9. The molecule has 2 aromatic rings. The number of hydrogen-bond acceptors (Lipinski definition) is 5. The molecular weight excluding hydrogens is 387 g/mol. The third kappa shape index (κ3) is 5.85. The van der Waals surface area contributed by atoms with Crippen LogP contribution in [0.3, 0.4) is 0 Å². The van der Waals surface area contributed by atoms with E-state index in [1.54, 1.807) is 24.3 Å². The molecule has 0 radical (unpaired) electrons. The summed E-state index contributed by atoms with van der Waals surface area (Å²) in [5, 5.41) is 2.67. The van der Waals surface area contributed by atoms with Crippen molar-refractivity contribution in [2.75, 3.05) is 37.9 Å². The molecule has 0 spiro atoms. The van der Waals surface area contributed by atoms with E-state index in [2.05, 4.69) is 5.32 Å². The van der Waals surface area contributed by atoms with Crippen molar-refractivity contribution in [3.63, 3.8) is 0 Å². The minimum atomic E-state index is -3.76. The van der Waals surface area contributed by atoms with Crippen LogP contribution in [0.2, 0.25) is 0 Å². The zero-order valence-electron chi connectivity index (χ0n) is 15.9. The summed E-state index contributed by atoms with van der Waals surface area (Å²) in [4.78, 5) is 12.3. The molecular formula is C19H23FN2O5S. The Bertz CT molecular complexity index is 916. The third-order valence-electron chi connectivity index (χ3n) is 3.99. The lowest BCUT2D eigenvalue weighted by Crippen LogP contribution is -2.41. The van der Waals surface area contributed by atoms with Crippen molar-refractivity contribution in [2.45, 2.75) is 6.42 Å². The zero-order valence-corrected chi connectivity index (χ0v) is 16.8. The minimum Gasteiger partial charge on any atom is -0.497 e. The molecule has 0 aliphatic carbocycles. The number of sulfonamides is 1. The molecule has 0 saturated carbocycles. The van der Waals surface area contributed by atoms with Gasteiger partial charge in [-0.25, -0.2) is 12.8 Å². The number of benzene rings is 2. The van der Waals surface area contributed by atoms with E-state index in [1.165, 1.54) is 32.4 Å². The molecule has 0 bridgehead atoms. The quantitative estimate of drug-likeness (QED) is 0.683. The van der Waals surface area contributed by atoms with E-state index in [0.717, 1.165) is 16.1 Å². The van der Waals surface area contributed by atoms with Crippen LogP contribution in [0, 0.1) is 5.82 Å². The molecule has 0 heterocycles. The summed E-state index contributed by atoms with van der Waals surface area (Å²) in [6, 6.07) is 10.6. The number of nitrogens with zero attached hydrogens (tertiary/aromatic N) is 1. The van der Waals surface area contributed by atoms with E-state index in [-0.39, 0.29) is 18.0 Å². The maximum atomic E-state index is 12.9. The van der Waals surface area contributed by atoms with Gasteiger partial charge in [-0.15, -0.1) is 0 Å². The smallest absolute Gasteiger partial charge is 0.240 e. The molecule has 0 aromatic heterocycles. The highest BCUT2D eigenvalue weighted by atomic mass is 32.2. The summed E-state index contributed by atoms with van der Waals surface area (Å²) in [6.07, 6.45) is 1.51. The van der Waals surface area contributed by atoms with Gasteiger partial charge in [0.05, 0.1) is 26.2 Å². The van der Waals surface area contributed by atoms with Gasteiger partial charge in [0.25, 0.3) is 0 Å². The molecule has 0 unspecified atom stereocenters. The van der Waals surface area contributed by atoms with Crippen LogP contribution in [-0.2, 0) is 21.2 Å². The van der Waals surface area contributed by atoms with Crippen molar-refractivity contribution in [1.29, 1.82) is 0 Å². The van der Waals surface area contributed by atoms with Gasteiger partial charge in [-0.2, -0.15) is 0 Å². The van der Waals surface area contributed by atoms with Crippen LogP contribution in [0.15, 0.2) is 42.5 Å². The second-order valence-electron chi connectivity index (χ2n) is 6.03. The number of hydrogen-bond donors (Lipinski definition) is 1. The third-order valence-corrected chi connectivity index (χ3v) is 5.12. The molecule has 1 N–H and O–H groups in total. The first kappa shape index (κ1) is 21.5. The molecule has 7 nitrogen and oxygen atoms in total. The minimum absolute atomic E-state index is 0.207. The highest BCUT2D eigenvalue weighted by molar-refractivity contribution is 7.92. The van der Waals surface area contributed by atoms with Gasteiger partial charge in [0, 0.05) is 12.6 Å². The van der Waals surface area contributed by atoms with E-state index in [1.807, 2.05) is 0 Å². The lowest BCUT2D eigenvalue weighted by molar-refractivity contribution is -0.119. The number of nitrogens with one attached hydrogen (secondary N) is 1. The van der Waals surface area contributed by atoms with Gasteiger partial charge in [0.2, 0.25) is 15.9 Å². The van der Waals surface area contributed by atoms with Gasteiger partial charge in [0.15, 0.2) is 0 Å². The number of ether oxygens (including phenoxy) is 2. The molecule has 1 amide bonds. The van der Waals surface area contributed by atoms with Gasteiger partial charge in [-0.05, 0) is 36.2 Å². The fraction of sp³-hybridized carbons (Fsp3) is 0.316. The molecule has 2 rings (SSSR count). The van der Waals surface area contributed by atoms with Gasteiger partial charge in [-0.1, -0.05) is 12.1 Å². The number of methoxy groups -OCH3 is 2. The summed E-state index contributed by atoms with van der Waals surface area (Å²) >= 11 is 0. The maximum Gasteiger partial charge on any atom is 0.240 e. The van der Waals surface area contributed by atoms with Crippen molar-refractivity contribution in [3.8, 4) is 11.5 Å². The molecule has 2 aromatic carbocycles. The predicted octanol–water partition coefficient (Wildman–Crippen LogP) is 1.97. The standard InChI is InChI=1S/C19H23FN2O5S/c1-26-16-8-9-18(27-2)17(12-16)22(28(3,24)25)13-19(23)21-11-10-14-4-6-15(20)7-5-14/h4-9,12H,10-11,13H2,1-3H3,(H,21,23). The molecule has 0 atom stereocenters. The lowest BCUT2D eigenvalue weighted by Gasteiger charge is -2.24. The summed E-state index contributed by atoms with van der Waals surface area (Å²) in [7, 11) is -0.889. The topological polar surface area (TPSA) is 84.9 Å². The van der Waals surface area contributed by atoms with Crippen LogP contribution in [0.5, 0.6) is 11.5 Å². The Balaban J connectivity index is 2.10. The monoisotopic (exact) mass is 410 g/mol. The highest BCUT2D eigenvalue weighted by Gasteiger charge is 2.24. The first-order valence-electron chi connectivity index (χ1n) is 8.45. The zero-order chi connectivity index (χ0) is 20.7. The molecule has 0 fully saturated rings. The molecule has 152 valence electrons. The molecule has 0 saturated heterocycles. The fourth-order valence-electron chi connectivity index (χ4n) is 2.56. The van der Waals surface area contributed by atoms with Gasteiger partial charge in [0.1, 0.15) is 23.9 Å². The molecule has 9 heteroatoms. The Morgan fingerprint density at radius 2 is 1.79 bits per heavy atom. The van der Waals surface area contributed by atoms with E-state index < -0.39 is 22.5 Å². The van der Waals surface area contributed by atoms with Crippen molar-refractivity contribution in [1.82, 2.24) is 5.32 Å². The Morgan fingerprint density at radius 3 is 2.36 bits per heavy atom. The van der Waals surface area contributed by atoms with Crippen LogP contribution in [0.25, 0.3) is 0 Å². The number of amides is 1. The first-order chi connectivity index (χ1) is 13.2. The molecule has 28 heavy (non-hydrogen) atoms. The van der Waals surface area contributed by atoms with E-state index in [4.69, 9.17) is 9.47 Å². The van der Waals surface area contributed by atoms with E-state index >= 15 is 0 Å². The predicted molar refractivity (Wildman–Crippen MR) is 105 cm³/mol. The Labute approximate surface area is 164 Å². The van der Waals surface area contributed by atoms with Crippen molar-refractivity contribution in [2.24, 2.45) is 0 Å². The Hall–Kier alpha value is -2.81. The van der Waals surface area contributed by atoms with Crippen molar-refractivity contribution >= 4 is 21.6 Å². The average molecular weight is 410 g/mol. The number of anilines is 1. The molecule has 0 aliphatic heterocycles. The average Bonchev–Trinajstić information content (AvgIpc) is 2.66. The highest BCUT2D eigenvalue weighted by Crippen LogP contribution is 2.33. The second kappa shape index (κ2) is 9.41. The molecule has 0 aliphatic rings. The lowest BCUT2D eigenvalue weighted by atomic mass is 10.1. The van der Waals surface area contributed by atoms with Gasteiger partial charge in [-0.3, -0.25) is 9.10 Å². The number of carbonyl (C=O) groups is 1. The summed E-state index contributed by atoms with van der Waals surface area (Å²) in [5.74, 6) is -0.0762. The van der Waals surface area contributed by atoms with Gasteiger partial charge >= 0.3 is 0 Å². The largest absolute Gasteiger partial charge is 0.497 e. The number of rotatable bonds is 9. The normalized spacial score (nSPS) is 11.0. The van der Waals surface area contributed by atoms with Crippen LogP contribution >= 0.6 is 0 Å². The van der Waals surface area contributed by atoms with Crippen LogP contribution in [0.1, 0.15) is 5.56 Å². The number of halogens is 1. The number of carbonyl (C=O) groups excluding carboxylic acids is 1. The van der Waals surface area contributed by atoms with E-state index in [0.29, 0.717) is 17.9 Å². The van der Waals surface area contributed by atoms with Gasteiger partial charge < -0.3 is 14.8 Å². The fourth-order valence-corrected chi connectivity index (χ4v) is 3.41. The summed E-state index contributed by atoms with van der Waals surface area (Å²) in [6.45, 7) is -0.122. The van der Waals surface area contributed by atoms with Crippen molar-refractivity contribution in [3.05, 3.63) is 53.8 Å².